The van der Waals surface area contributed by atoms with E-state index in [0.29, 0.717) is 83.7 Å². The summed E-state index contributed by atoms with van der Waals surface area (Å²) in [6.45, 7) is 19.9. The van der Waals surface area contributed by atoms with Crippen LogP contribution in [0.2, 0.25) is 0 Å². The minimum atomic E-state index is -0.555. The largest absolute Gasteiger partial charge is 0.458 e. The lowest BCUT2D eigenvalue weighted by molar-refractivity contribution is -0.193. The molecule has 12 bridgehead atoms. The number of piperidine rings is 6. The molecule has 10 atom stereocenters. The van der Waals surface area contributed by atoms with Crippen molar-refractivity contribution in [3.8, 4) is 0 Å². The molecule has 37 nitrogen and oxygen atoms in total. The van der Waals surface area contributed by atoms with Gasteiger partial charge >= 0.3 is 66.8 Å². The van der Waals surface area contributed by atoms with E-state index in [4.69, 9.17) is 83.6 Å². The van der Waals surface area contributed by atoms with Gasteiger partial charge in [-0.3, -0.25) is 33.8 Å². The van der Waals surface area contributed by atoms with Crippen molar-refractivity contribution in [1.29, 1.82) is 0 Å². The molecular weight excluding hydrogens is 1740 g/mol. The van der Waals surface area contributed by atoms with E-state index >= 15 is 0 Å². The predicted octanol–water partition coefficient (Wildman–Crippen LogP) is 12.0. The zero-order valence-corrected chi connectivity index (χ0v) is 77.0. The molecule has 13 fully saturated rings. The van der Waals surface area contributed by atoms with Gasteiger partial charge in [0.15, 0.2) is 0 Å². The smallest absolute Gasteiger partial charge is 0.373 e. The Balaban J connectivity index is 0.000000175. The van der Waals surface area contributed by atoms with Gasteiger partial charge < -0.3 is 45.6 Å². The Labute approximate surface area is 786 Å². The summed E-state index contributed by atoms with van der Waals surface area (Å²) in [4.78, 5) is 207. The number of primary amides is 1. The van der Waals surface area contributed by atoms with Gasteiger partial charge in [-0.25, -0.2) is 33.6 Å². The predicted molar refractivity (Wildman–Crippen MR) is 481 cm³/mol. The highest BCUT2D eigenvalue weighted by molar-refractivity contribution is 5.88. The summed E-state index contributed by atoms with van der Waals surface area (Å²) in [5.74, 6) is -0.777. The number of hydrogen-bond acceptors (Lipinski definition) is 24. The number of fused-ring (bicyclic) bond motifs is 12. The molecule has 12 saturated heterocycles. The maximum atomic E-state index is 12.6. The topological polar surface area (TPSA) is 429 Å². The van der Waals surface area contributed by atoms with Crippen molar-refractivity contribution < 1.29 is 110 Å². The zero-order valence-electron chi connectivity index (χ0n) is 77.0. The molecule has 13 aliphatic rings. The number of hydroxylamine groups is 12. The third kappa shape index (κ3) is 31.5. The number of esters is 1. The van der Waals surface area contributed by atoms with Crippen LogP contribution in [0.1, 0.15) is 177 Å². The number of carbonyl (C=O) groups is 8. The molecule has 1 saturated carbocycles. The fourth-order valence-electron chi connectivity index (χ4n) is 17.8. The van der Waals surface area contributed by atoms with Gasteiger partial charge in [0.25, 0.3) is 0 Å². The van der Waals surface area contributed by atoms with E-state index in [-0.39, 0.29) is 103 Å². The third-order valence-corrected chi connectivity index (χ3v) is 24.5. The first kappa shape index (κ1) is 106. The third-order valence-electron chi connectivity index (χ3n) is 24.5. The second kappa shape index (κ2) is 54.9. The maximum absolute atomic E-state index is 12.6. The highest BCUT2D eigenvalue weighted by Crippen LogP contribution is 2.37. The average Bonchev–Trinajstić information content (AvgIpc) is 1.67. The lowest BCUT2D eigenvalue weighted by atomic mass is 9.97. The molecule has 37 heteroatoms. The summed E-state index contributed by atoms with van der Waals surface area (Å²) in [6.07, 6.45) is 21.5. The van der Waals surface area contributed by atoms with E-state index in [0.717, 1.165) is 143 Å². The summed E-state index contributed by atoms with van der Waals surface area (Å²) >= 11 is 0. The van der Waals surface area contributed by atoms with Gasteiger partial charge in [0.05, 0.1) is 36.3 Å². The summed E-state index contributed by atoms with van der Waals surface area (Å²) in [6, 6.07) is 59.9. The maximum Gasteiger partial charge on any atom is 0.373 e. The van der Waals surface area contributed by atoms with Crippen molar-refractivity contribution in [1.82, 2.24) is 59.8 Å². The Hall–Kier alpha value is -13.1. The standard InChI is InChI=1S/C18H24N2O4.C16H20N2O2.C14H17N3O3.C14H18N2O2.2C13H16N2O2.C6H13N.4CO2/c1-18(2,3)24-16(21)15-10-9-14-11-19(15)17(22)20(14)23-12-13-7-5-4-6-8-13;1-2-6-14-9-10-15-11-17(14)16(19)18(15)20-12-13-7-4-3-5-8-13;15-13(18)12-7-6-11-8-16(12)14(19)17(11)20-9-10-4-2-1-3-5-10;1-11-7-8-13-9-15(11)14(17)16(13)18-10-12-5-3-2-4-6-12;2*16-13-14-8-4-7-12(9-14)15(13)17-10-11-5-2-1-3-6-11;7-6-4-2-1-3-5-6;4*2-1-3/h4-8,14-15H,9-12H2,1-3H3;2-5,7-8,14-15H,1,6,9-12H2;1-5,11-12H,6-9H2,(H2,15,18);2-6,11,13H,7-10H2,1H3;2*1-3,5-6,12H,4,7-10H2;6H,1-5,7H2;;;;/t14-,15+;14-,15-;11-,12+;11-,13-;2*12-;;;;;/m111111...../s1. The van der Waals surface area contributed by atoms with Crippen LogP contribution < -0.4 is 11.5 Å². The van der Waals surface area contributed by atoms with Gasteiger partial charge in [0, 0.05) is 70.5 Å². The van der Waals surface area contributed by atoms with E-state index in [1.54, 1.807) is 25.2 Å². The first-order valence-corrected chi connectivity index (χ1v) is 45.7. The van der Waals surface area contributed by atoms with Crippen molar-refractivity contribution in [3.05, 3.63) is 228 Å². The van der Waals surface area contributed by atoms with Crippen LogP contribution >= 0.6 is 0 Å². The van der Waals surface area contributed by atoms with Gasteiger partial charge in [-0.05, 0) is 157 Å². The van der Waals surface area contributed by atoms with Gasteiger partial charge in [0.2, 0.25) is 5.91 Å². The Morgan fingerprint density at radius 3 is 0.926 bits per heavy atom. The SMILES string of the molecule is C=CC[C@@H]1CC[C@@H]2CN1C(=O)N2OCc1ccccc1.CC(C)(C)OC(=O)[C@@H]1CC[C@@H]2CN1C(=O)N2OCc1ccccc1.C[C@@H]1CC[C@@H]2CN1C(=O)N2OCc1ccccc1.NC(=O)[C@@H]1CC[C@@H]2CN1C(=O)N2OCc1ccccc1.NC1CCCCC1.O=C1N2CCC[C@H](C2)N1OCc1ccccc1.O=C1N2CCC[C@H](C2)N1OCc1ccccc1.O=C=O.O=C=O.O=C=O.O=C=O. The van der Waals surface area contributed by atoms with E-state index in [2.05, 4.69) is 13.5 Å². The van der Waals surface area contributed by atoms with Gasteiger partial charge in [-0.15, -0.1) is 6.58 Å². The van der Waals surface area contributed by atoms with E-state index in [1.807, 2.05) is 228 Å². The molecular formula is C98H124N14O23. The Kier molecular flexibility index (Phi) is 42.9. The normalized spacial score (nSPS) is 22.6. The molecule has 724 valence electrons. The second-order valence-corrected chi connectivity index (χ2v) is 34.9. The minimum absolute atomic E-state index is 0.0000935. The second-order valence-electron chi connectivity index (χ2n) is 34.9. The van der Waals surface area contributed by atoms with E-state index in [9.17, 15) is 38.4 Å². The molecule has 0 radical (unpaired) electrons. The summed E-state index contributed by atoms with van der Waals surface area (Å²) in [7, 11) is 0. The molecule has 0 spiro atoms. The minimum Gasteiger partial charge on any atom is -0.458 e. The molecule has 1 aliphatic carbocycles. The van der Waals surface area contributed by atoms with E-state index in [1.165, 1.54) is 47.1 Å². The van der Waals surface area contributed by atoms with Crippen LogP contribution in [0.5, 0.6) is 0 Å². The number of urea groups is 6. The monoisotopic (exact) mass is 1860 g/mol. The van der Waals surface area contributed by atoms with Crippen molar-refractivity contribution >= 4 is 72.7 Å². The number of benzene rings is 6. The zero-order chi connectivity index (χ0) is 97.2. The molecule has 19 rings (SSSR count). The van der Waals surface area contributed by atoms with Crippen LogP contribution in [0.25, 0.3) is 0 Å². The van der Waals surface area contributed by atoms with Crippen molar-refractivity contribution in [2.75, 3.05) is 52.4 Å². The van der Waals surface area contributed by atoms with Gasteiger partial charge in [-0.2, -0.15) is 68.7 Å². The van der Waals surface area contributed by atoms with Crippen molar-refractivity contribution in [3.63, 3.8) is 0 Å². The van der Waals surface area contributed by atoms with Crippen LogP contribution in [0.15, 0.2) is 195 Å². The number of nitrogens with two attached hydrogens (primary N) is 2. The van der Waals surface area contributed by atoms with Crippen molar-refractivity contribution in [2.45, 2.75) is 255 Å². The van der Waals surface area contributed by atoms with Crippen LogP contribution in [-0.4, -0.2) is 257 Å². The van der Waals surface area contributed by atoms with Crippen molar-refractivity contribution in [2.24, 2.45) is 11.5 Å². The summed E-state index contributed by atoms with van der Waals surface area (Å²) in [5, 5.41) is 9.12. The fourth-order valence-corrected chi connectivity index (χ4v) is 17.8. The first-order chi connectivity index (χ1) is 65.3. The highest BCUT2D eigenvalue weighted by Gasteiger charge is 2.52. The summed E-state index contributed by atoms with van der Waals surface area (Å²) < 4.78 is 5.45. The molecule has 13 amide bonds. The lowest BCUT2D eigenvalue weighted by Crippen LogP contribution is -2.47. The van der Waals surface area contributed by atoms with Crippen LogP contribution in [0.3, 0.4) is 0 Å². The summed E-state index contributed by atoms with van der Waals surface area (Å²) in [5.41, 5.74) is 16.8. The lowest BCUT2D eigenvalue weighted by Gasteiger charge is -2.31. The molecule has 0 aromatic heterocycles. The van der Waals surface area contributed by atoms with Gasteiger partial charge in [0.1, 0.15) is 57.3 Å². The first-order valence-electron chi connectivity index (χ1n) is 45.7. The molecule has 4 N–H and O–H groups in total. The van der Waals surface area contributed by atoms with Crippen LogP contribution in [0, 0.1) is 0 Å². The molecule has 12 aliphatic heterocycles. The Morgan fingerprint density at radius 1 is 0.356 bits per heavy atom. The van der Waals surface area contributed by atoms with Crippen LogP contribution in [-0.2, 0) is 121 Å². The van der Waals surface area contributed by atoms with E-state index < -0.39 is 23.6 Å². The average molecular weight is 1870 g/mol. The fraction of sp³-hybridized carbons (Fsp3) is 0.490. The Morgan fingerprint density at radius 2 is 0.630 bits per heavy atom. The molecule has 135 heavy (non-hydrogen) atoms. The molecule has 6 aromatic carbocycles. The quantitative estimate of drug-likeness (QED) is 0.0471. The number of nitrogens with zero attached hydrogens (tertiary/aromatic N) is 12. The number of rotatable bonds is 22. The Bertz CT molecular complexity index is 4730. The number of hydrogen-bond donors (Lipinski definition) is 2. The van der Waals surface area contributed by atoms with Crippen LogP contribution in [0.4, 0.5) is 28.8 Å². The molecule has 6 aromatic rings. The molecule has 0 unspecified atom stereocenters. The van der Waals surface area contributed by atoms with Gasteiger partial charge in [-0.1, -0.05) is 207 Å². The molecule has 12 heterocycles. The number of amides is 13. The number of carbonyl (C=O) groups excluding carboxylic acids is 16. The highest BCUT2D eigenvalue weighted by atomic mass is 16.7. The number of ether oxygens (including phenoxy) is 1.